The molecular formula is C28H34N4O3. The van der Waals surface area contributed by atoms with Crippen molar-refractivity contribution >= 4 is 11.9 Å². The molecule has 2 aromatic carbocycles. The van der Waals surface area contributed by atoms with Crippen molar-refractivity contribution < 1.29 is 14.3 Å². The molecule has 1 amide bonds. The van der Waals surface area contributed by atoms with Gasteiger partial charge in [0.25, 0.3) is 0 Å². The van der Waals surface area contributed by atoms with Gasteiger partial charge in [-0.3, -0.25) is 9.69 Å². The SMILES string of the molecule is CCOC(=O)[C@@H](Cn1ccnc1)NC(=O)C1CCCN(Cc2cccc(-c3ccccc3)c2C)C1. The number of aromatic nitrogens is 2. The van der Waals surface area contributed by atoms with Crippen LogP contribution in [-0.2, 0) is 27.4 Å². The molecule has 1 saturated heterocycles. The van der Waals surface area contributed by atoms with Gasteiger partial charge in [-0.25, -0.2) is 9.78 Å². The van der Waals surface area contributed by atoms with Crippen molar-refractivity contribution in [3.63, 3.8) is 0 Å². The maximum absolute atomic E-state index is 13.2. The Hall–Kier alpha value is -3.45. The zero-order valence-electron chi connectivity index (χ0n) is 20.5. The molecule has 0 spiro atoms. The zero-order chi connectivity index (χ0) is 24.6. The number of amides is 1. The van der Waals surface area contributed by atoms with Crippen molar-refractivity contribution in [2.75, 3.05) is 19.7 Å². The van der Waals surface area contributed by atoms with Crippen molar-refractivity contribution in [2.45, 2.75) is 45.8 Å². The van der Waals surface area contributed by atoms with E-state index in [1.165, 1.54) is 22.3 Å². The van der Waals surface area contributed by atoms with E-state index >= 15 is 0 Å². The Balaban J connectivity index is 1.41. The normalized spacial score (nSPS) is 17.0. The molecule has 1 aromatic heterocycles. The van der Waals surface area contributed by atoms with Gasteiger partial charge in [0, 0.05) is 25.5 Å². The predicted octanol–water partition coefficient (Wildman–Crippen LogP) is 3.82. The van der Waals surface area contributed by atoms with Gasteiger partial charge >= 0.3 is 5.97 Å². The summed E-state index contributed by atoms with van der Waals surface area (Å²) >= 11 is 0. The van der Waals surface area contributed by atoms with E-state index in [2.05, 4.69) is 64.6 Å². The molecule has 0 saturated carbocycles. The molecule has 4 rings (SSSR count). The van der Waals surface area contributed by atoms with Crippen LogP contribution in [0.4, 0.5) is 0 Å². The zero-order valence-corrected chi connectivity index (χ0v) is 20.5. The Kier molecular flexibility index (Phi) is 8.32. The summed E-state index contributed by atoms with van der Waals surface area (Å²) in [7, 11) is 0. The summed E-state index contributed by atoms with van der Waals surface area (Å²) in [4.78, 5) is 32.0. The first kappa shape index (κ1) is 24.7. The first-order valence-corrected chi connectivity index (χ1v) is 12.3. The van der Waals surface area contributed by atoms with Crippen molar-refractivity contribution in [1.29, 1.82) is 0 Å². The minimum atomic E-state index is -0.739. The van der Waals surface area contributed by atoms with E-state index < -0.39 is 12.0 Å². The fourth-order valence-corrected chi connectivity index (χ4v) is 4.76. The van der Waals surface area contributed by atoms with E-state index in [0.29, 0.717) is 13.1 Å². The van der Waals surface area contributed by atoms with E-state index in [-0.39, 0.29) is 18.4 Å². The molecule has 1 unspecified atom stereocenters. The van der Waals surface area contributed by atoms with Crippen LogP contribution in [-0.4, -0.2) is 52.1 Å². The summed E-state index contributed by atoms with van der Waals surface area (Å²) in [5.74, 6) is -0.681. The Morgan fingerprint density at radius 1 is 1.17 bits per heavy atom. The van der Waals surface area contributed by atoms with Gasteiger partial charge in [-0.05, 0) is 55.5 Å². The van der Waals surface area contributed by atoms with Crippen molar-refractivity contribution in [1.82, 2.24) is 19.8 Å². The number of hydrogen-bond donors (Lipinski definition) is 1. The second-order valence-electron chi connectivity index (χ2n) is 9.10. The fraction of sp³-hybridized carbons (Fsp3) is 0.393. The lowest BCUT2D eigenvalue weighted by Gasteiger charge is -2.33. The molecule has 0 bridgehead atoms. The molecule has 1 aliphatic rings. The summed E-state index contributed by atoms with van der Waals surface area (Å²) in [5.41, 5.74) is 5.00. The molecule has 2 atom stereocenters. The van der Waals surface area contributed by atoms with Crippen LogP contribution in [0.3, 0.4) is 0 Å². The number of imidazole rings is 1. The predicted molar refractivity (Wildman–Crippen MR) is 135 cm³/mol. The first-order chi connectivity index (χ1) is 17.0. The molecule has 0 radical (unpaired) electrons. The monoisotopic (exact) mass is 474 g/mol. The Bertz CT molecular complexity index is 1110. The number of likely N-dealkylation sites (tertiary alicyclic amines) is 1. The van der Waals surface area contributed by atoms with E-state index in [1.54, 1.807) is 30.2 Å². The number of carbonyl (C=O) groups excluding carboxylic acids is 2. The smallest absolute Gasteiger partial charge is 0.330 e. The third kappa shape index (κ3) is 6.36. The summed E-state index contributed by atoms with van der Waals surface area (Å²) in [6.45, 7) is 6.93. The van der Waals surface area contributed by atoms with Gasteiger partial charge in [-0.15, -0.1) is 0 Å². The molecule has 1 N–H and O–H groups in total. The Morgan fingerprint density at radius 3 is 2.74 bits per heavy atom. The van der Waals surface area contributed by atoms with Crippen molar-refractivity contribution in [2.24, 2.45) is 5.92 Å². The minimum Gasteiger partial charge on any atom is -0.464 e. The van der Waals surface area contributed by atoms with Crippen LogP contribution in [0, 0.1) is 12.8 Å². The topological polar surface area (TPSA) is 76.5 Å². The third-order valence-corrected chi connectivity index (χ3v) is 6.64. The molecule has 0 aliphatic carbocycles. The van der Waals surface area contributed by atoms with E-state index in [1.807, 2.05) is 6.07 Å². The number of hydrogen-bond acceptors (Lipinski definition) is 5. The highest BCUT2D eigenvalue weighted by Gasteiger charge is 2.30. The second kappa shape index (κ2) is 11.8. The first-order valence-electron chi connectivity index (χ1n) is 12.3. The molecule has 7 heteroatoms. The van der Waals surface area contributed by atoms with E-state index in [9.17, 15) is 9.59 Å². The number of rotatable bonds is 9. The molecule has 2 heterocycles. The number of benzene rings is 2. The lowest BCUT2D eigenvalue weighted by atomic mass is 9.94. The Labute approximate surface area is 207 Å². The van der Waals surface area contributed by atoms with Gasteiger partial charge in [-0.1, -0.05) is 48.5 Å². The quantitative estimate of drug-likeness (QED) is 0.477. The fourth-order valence-electron chi connectivity index (χ4n) is 4.76. The van der Waals surface area contributed by atoms with E-state index in [4.69, 9.17) is 4.74 Å². The molecule has 3 aromatic rings. The number of ether oxygens (including phenoxy) is 1. The van der Waals surface area contributed by atoms with Crippen LogP contribution in [0.1, 0.15) is 30.9 Å². The lowest BCUT2D eigenvalue weighted by Crippen LogP contribution is -2.50. The maximum Gasteiger partial charge on any atom is 0.330 e. The van der Waals surface area contributed by atoms with Gasteiger partial charge in [0.1, 0.15) is 6.04 Å². The molecule has 1 fully saturated rings. The van der Waals surface area contributed by atoms with Gasteiger partial charge < -0.3 is 14.6 Å². The van der Waals surface area contributed by atoms with Gasteiger partial charge in [0.2, 0.25) is 5.91 Å². The molecular weight excluding hydrogens is 440 g/mol. The number of esters is 1. The Morgan fingerprint density at radius 2 is 2.00 bits per heavy atom. The van der Waals surface area contributed by atoms with Crippen LogP contribution < -0.4 is 5.32 Å². The highest BCUT2D eigenvalue weighted by Crippen LogP contribution is 2.27. The van der Waals surface area contributed by atoms with Gasteiger partial charge in [0.15, 0.2) is 0 Å². The largest absolute Gasteiger partial charge is 0.464 e. The third-order valence-electron chi connectivity index (χ3n) is 6.64. The van der Waals surface area contributed by atoms with Crippen LogP contribution in [0.25, 0.3) is 11.1 Å². The number of nitrogens with zero attached hydrogens (tertiary/aromatic N) is 3. The molecule has 184 valence electrons. The van der Waals surface area contributed by atoms with Crippen LogP contribution in [0.15, 0.2) is 67.3 Å². The molecule has 1 aliphatic heterocycles. The van der Waals surface area contributed by atoms with Crippen molar-refractivity contribution in [3.8, 4) is 11.1 Å². The van der Waals surface area contributed by atoms with Gasteiger partial charge in [0.05, 0.1) is 25.4 Å². The average molecular weight is 475 g/mol. The summed E-state index contributed by atoms with van der Waals surface area (Å²) in [6.07, 6.45) is 6.81. The van der Waals surface area contributed by atoms with Gasteiger partial charge in [-0.2, -0.15) is 0 Å². The number of carbonyl (C=O) groups is 2. The second-order valence-corrected chi connectivity index (χ2v) is 9.10. The van der Waals surface area contributed by atoms with Crippen LogP contribution in [0.5, 0.6) is 0 Å². The van der Waals surface area contributed by atoms with E-state index in [0.717, 1.165) is 25.9 Å². The number of nitrogens with one attached hydrogen (secondary N) is 1. The summed E-state index contributed by atoms with van der Waals surface area (Å²) in [5, 5.41) is 2.95. The standard InChI is InChI=1S/C28H34N4O3/c1-3-35-28(34)26(19-32-16-14-29-20-32)30-27(33)24-12-8-15-31(18-24)17-23-11-7-13-25(21(23)2)22-9-5-4-6-10-22/h4-7,9-11,13-14,16,20,24,26H,3,8,12,15,17-19H2,1-2H3,(H,30,33)/t24?,26-/m1/s1. The number of piperidine rings is 1. The van der Waals surface area contributed by atoms with Crippen molar-refractivity contribution in [3.05, 3.63) is 78.4 Å². The van der Waals surface area contributed by atoms with Crippen LogP contribution >= 0.6 is 0 Å². The molecule has 35 heavy (non-hydrogen) atoms. The molecule has 7 nitrogen and oxygen atoms in total. The minimum absolute atomic E-state index is 0.0948. The average Bonchev–Trinajstić information content (AvgIpc) is 3.39. The summed E-state index contributed by atoms with van der Waals surface area (Å²) in [6, 6.07) is 16.1. The lowest BCUT2D eigenvalue weighted by molar-refractivity contribution is -0.148. The highest BCUT2D eigenvalue weighted by atomic mass is 16.5. The van der Waals surface area contributed by atoms with Crippen LogP contribution in [0.2, 0.25) is 0 Å². The highest BCUT2D eigenvalue weighted by molar-refractivity contribution is 5.86. The maximum atomic E-state index is 13.2. The summed E-state index contributed by atoms with van der Waals surface area (Å²) < 4.78 is 6.98.